The van der Waals surface area contributed by atoms with Crippen molar-refractivity contribution in [2.45, 2.75) is 71.9 Å². The Kier molecular flexibility index (Phi) is 7.26. The topological polar surface area (TPSA) is 19.4 Å². The van der Waals surface area contributed by atoms with Crippen molar-refractivity contribution in [1.29, 1.82) is 0 Å². The lowest BCUT2D eigenvalue weighted by atomic mass is 10.0. The van der Waals surface area contributed by atoms with Gasteiger partial charge >= 0.3 is 0 Å². The van der Waals surface area contributed by atoms with Crippen LogP contribution in [-0.4, -0.2) is 47.0 Å². The van der Waals surface area contributed by atoms with Crippen LogP contribution in [-0.2, 0) is 6.54 Å². The first-order valence-corrected chi connectivity index (χ1v) is 11.0. The normalized spacial score (nSPS) is 16.7. The Morgan fingerprint density at radius 1 is 1.04 bits per heavy atom. The number of hydrogen-bond donors (Lipinski definition) is 0. The predicted molar refractivity (Wildman–Crippen MR) is 116 cm³/mol. The van der Waals surface area contributed by atoms with Crippen LogP contribution < -0.4 is 0 Å². The van der Waals surface area contributed by atoms with Crippen molar-refractivity contribution in [3.63, 3.8) is 0 Å². The van der Waals surface area contributed by atoms with Gasteiger partial charge in [-0.1, -0.05) is 39.8 Å². The predicted octanol–water partition coefficient (Wildman–Crippen LogP) is 5.44. The molecule has 2 heterocycles. The molecular formula is C24H37N3. The Morgan fingerprint density at radius 2 is 1.74 bits per heavy atom. The summed E-state index contributed by atoms with van der Waals surface area (Å²) in [6.45, 7) is 15.0. The van der Waals surface area contributed by atoms with Crippen molar-refractivity contribution in [1.82, 2.24) is 14.8 Å². The van der Waals surface area contributed by atoms with E-state index in [0.717, 1.165) is 18.1 Å². The second kappa shape index (κ2) is 9.66. The van der Waals surface area contributed by atoms with Gasteiger partial charge in [0.1, 0.15) is 0 Å². The fourth-order valence-corrected chi connectivity index (χ4v) is 4.36. The van der Waals surface area contributed by atoms with Gasteiger partial charge in [0.25, 0.3) is 0 Å². The zero-order valence-corrected chi connectivity index (χ0v) is 17.7. The summed E-state index contributed by atoms with van der Waals surface area (Å²) in [5.74, 6) is 0.482. The van der Waals surface area contributed by atoms with E-state index in [1.807, 2.05) is 0 Å². The number of fused-ring (bicyclic) bond motifs is 1. The molecule has 0 bridgehead atoms. The Labute approximate surface area is 165 Å². The maximum absolute atomic E-state index is 4.81. The Bertz CT molecular complexity index is 711. The summed E-state index contributed by atoms with van der Waals surface area (Å²) in [7, 11) is 0. The molecule has 2 aromatic rings. The summed E-state index contributed by atoms with van der Waals surface area (Å²) >= 11 is 0. The molecule has 0 saturated carbocycles. The molecule has 3 nitrogen and oxygen atoms in total. The van der Waals surface area contributed by atoms with Gasteiger partial charge in [0.2, 0.25) is 0 Å². The van der Waals surface area contributed by atoms with E-state index in [-0.39, 0.29) is 0 Å². The third-order valence-corrected chi connectivity index (χ3v) is 5.87. The molecule has 0 unspecified atom stereocenters. The number of hydrogen-bond acceptors (Lipinski definition) is 3. The lowest BCUT2D eigenvalue weighted by Gasteiger charge is -2.38. The largest absolute Gasteiger partial charge is 0.300 e. The Balaban J connectivity index is 1.59. The molecule has 0 aliphatic carbocycles. The molecule has 0 atom stereocenters. The van der Waals surface area contributed by atoms with Gasteiger partial charge in [0.15, 0.2) is 0 Å². The van der Waals surface area contributed by atoms with Gasteiger partial charge in [0.05, 0.1) is 5.52 Å². The Morgan fingerprint density at radius 3 is 2.37 bits per heavy atom. The van der Waals surface area contributed by atoms with Crippen molar-refractivity contribution >= 4 is 10.9 Å². The molecule has 0 amide bonds. The van der Waals surface area contributed by atoms with E-state index in [4.69, 9.17) is 4.98 Å². The minimum Gasteiger partial charge on any atom is -0.300 e. The third-order valence-electron chi connectivity index (χ3n) is 5.87. The molecule has 3 rings (SSSR count). The van der Waals surface area contributed by atoms with E-state index in [9.17, 15) is 0 Å². The highest BCUT2D eigenvalue weighted by Crippen LogP contribution is 2.22. The highest BCUT2D eigenvalue weighted by Gasteiger charge is 2.23. The van der Waals surface area contributed by atoms with Crippen molar-refractivity contribution in [2.75, 3.05) is 26.2 Å². The van der Waals surface area contributed by atoms with E-state index in [2.05, 4.69) is 67.8 Å². The summed E-state index contributed by atoms with van der Waals surface area (Å²) < 4.78 is 0. The third kappa shape index (κ3) is 5.30. The molecule has 148 valence electrons. The van der Waals surface area contributed by atoms with Crippen LogP contribution in [0.25, 0.3) is 10.9 Å². The minimum absolute atomic E-state index is 0.482. The standard InChI is InChI=1S/C24H37N3/c1-5-13-27(14-6-2)22-11-15-26(16-12-22)18-20-7-9-24-21(17-20)8-10-23(25-24)19(3)4/h7-10,17,19,22H,5-6,11-16,18H2,1-4H3. The second-order valence-corrected chi connectivity index (χ2v) is 8.46. The second-order valence-electron chi connectivity index (χ2n) is 8.46. The lowest BCUT2D eigenvalue weighted by molar-refractivity contribution is 0.104. The summed E-state index contributed by atoms with van der Waals surface area (Å²) in [5, 5.41) is 1.27. The van der Waals surface area contributed by atoms with Crippen LogP contribution in [0, 0.1) is 0 Å². The van der Waals surface area contributed by atoms with Crippen LogP contribution >= 0.6 is 0 Å². The highest BCUT2D eigenvalue weighted by molar-refractivity contribution is 5.79. The van der Waals surface area contributed by atoms with Crippen LogP contribution in [0.15, 0.2) is 30.3 Å². The summed E-state index contributed by atoms with van der Waals surface area (Å²) in [6, 6.07) is 12.0. The van der Waals surface area contributed by atoms with Gasteiger partial charge in [-0.3, -0.25) is 9.88 Å². The number of pyridine rings is 1. The number of aromatic nitrogens is 1. The molecule has 1 fully saturated rings. The monoisotopic (exact) mass is 367 g/mol. The smallest absolute Gasteiger partial charge is 0.0705 e. The highest BCUT2D eigenvalue weighted by atomic mass is 15.2. The van der Waals surface area contributed by atoms with Gasteiger partial charge < -0.3 is 4.90 Å². The first-order valence-electron chi connectivity index (χ1n) is 11.0. The van der Waals surface area contributed by atoms with E-state index in [1.54, 1.807) is 0 Å². The van der Waals surface area contributed by atoms with Crippen LogP contribution in [0.3, 0.4) is 0 Å². The first-order chi connectivity index (χ1) is 13.1. The number of rotatable bonds is 8. The number of piperidine rings is 1. The molecule has 3 heteroatoms. The molecule has 1 aliphatic rings. The van der Waals surface area contributed by atoms with Crippen LogP contribution in [0.1, 0.15) is 70.6 Å². The maximum Gasteiger partial charge on any atom is 0.0705 e. The Hall–Kier alpha value is -1.45. The quantitative estimate of drug-likeness (QED) is 0.619. The van der Waals surface area contributed by atoms with E-state index < -0.39 is 0 Å². The SMILES string of the molecule is CCCN(CCC)C1CCN(Cc2ccc3nc(C(C)C)ccc3c2)CC1. The molecule has 0 spiro atoms. The van der Waals surface area contributed by atoms with E-state index in [0.29, 0.717) is 5.92 Å². The van der Waals surface area contributed by atoms with Crippen molar-refractivity contribution < 1.29 is 0 Å². The average molecular weight is 368 g/mol. The van der Waals surface area contributed by atoms with Crippen LogP contribution in [0.2, 0.25) is 0 Å². The molecule has 1 aromatic heterocycles. The van der Waals surface area contributed by atoms with Gasteiger partial charge in [-0.2, -0.15) is 0 Å². The molecule has 1 saturated heterocycles. The van der Waals surface area contributed by atoms with Crippen molar-refractivity contribution in [3.05, 3.63) is 41.6 Å². The van der Waals surface area contributed by atoms with Gasteiger partial charge in [-0.15, -0.1) is 0 Å². The van der Waals surface area contributed by atoms with Crippen LogP contribution in [0.5, 0.6) is 0 Å². The summed E-state index contributed by atoms with van der Waals surface area (Å²) in [5.41, 5.74) is 3.72. The molecule has 1 aromatic carbocycles. The molecule has 0 radical (unpaired) electrons. The lowest BCUT2D eigenvalue weighted by Crippen LogP contribution is -2.45. The first kappa shape index (κ1) is 20.3. The fourth-order valence-electron chi connectivity index (χ4n) is 4.36. The van der Waals surface area contributed by atoms with Crippen molar-refractivity contribution in [2.24, 2.45) is 0 Å². The van der Waals surface area contributed by atoms with Gasteiger partial charge in [-0.25, -0.2) is 0 Å². The van der Waals surface area contributed by atoms with Crippen molar-refractivity contribution in [3.8, 4) is 0 Å². The minimum atomic E-state index is 0.482. The molecular weight excluding hydrogens is 330 g/mol. The fraction of sp³-hybridized carbons (Fsp3) is 0.625. The van der Waals surface area contributed by atoms with Crippen LogP contribution in [0.4, 0.5) is 0 Å². The zero-order chi connectivity index (χ0) is 19.2. The summed E-state index contributed by atoms with van der Waals surface area (Å²) in [6.07, 6.45) is 5.16. The van der Waals surface area contributed by atoms with Gasteiger partial charge in [-0.05, 0) is 81.5 Å². The molecule has 1 aliphatic heterocycles. The van der Waals surface area contributed by atoms with E-state index in [1.165, 1.54) is 68.5 Å². The molecule has 0 N–H and O–H groups in total. The maximum atomic E-state index is 4.81. The number of likely N-dealkylation sites (tertiary alicyclic amines) is 1. The zero-order valence-electron chi connectivity index (χ0n) is 17.7. The van der Waals surface area contributed by atoms with E-state index >= 15 is 0 Å². The van der Waals surface area contributed by atoms with Gasteiger partial charge in [0, 0.05) is 23.7 Å². The average Bonchev–Trinajstić information content (AvgIpc) is 2.68. The molecule has 27 heavy (non-hydrogen) atoms. The summed E-state index contributed by atoms with van der Waals surface area (Å²) in [4.78, 5) is 10.2. The number of nitrogens with zero attached hydrogens (tertiary/aromatic N) is 3. The number of benzene rings is 1.